The third-order valence-corrected chi connectivity index (χ3v) is 6.33. The maximum atomic E-state index is 6.01. The molecule has 5 aromatic rings. The van der Waals surface area contributed by atoms with Gasteiger partial charge in [0.25, 0.3) is 0 Å². The van der Waals surface area contributed by atoms with E-state index >= 15 is 0 Å². The summed E-state index contributed by atoms with van der Waals surface area (Å²) in [5.74, 6) is 2.92. The van der Waals surface area contributed by atoms with Gasteiger partial charge in [-0.15, -0.1) is 16.4 Å². The van der Waals surface area contributed by atoms with Gasteiger partial charge in [-0.3, -0.25) is 0 Å². The summed E-state index contributed by atoms with van der Waals surface area (Å²) in [6.45, 7) is 4.07. The van der Waals surface area contributed by atoms with Gasteiger partial charge in [0.1, 0.15) is 11.4 Å². The largest absolute Gasteiger partial charge is 0.493 e. The third kappa shape index (κ3) is 4.05. The number of rotatable bonds is 7. The van der Waals surface area contributed by atoms with Crippen molar-refractivity contribution >= 4 is 38.6 Å². The van der Waals surface area contributed by atoms with Crippen LogP contribution >= 0.6 is 11.3 Å². The molecule has 5 rings (SSSR count). The minimum atomic E-state index is 0.115. The Labute approximate surface area is 195 Å². The van der Waals surface area contributed by atoms with Gasteiger partial charge in [0.15, 0.2) is 23.0 Å². The highest BCUT2D eigenvalue weighted by Crippen LogP contribution is 2.39. The molecule has 0 aliphatic rings. The first-order valence-corrected chi connectivity index (χ1v) is 11.4. The van der Waals surface area contributed by atoms with Crippen molar-refractivity contribution in [1.29, 1.82) is 0 Å². The Kier molecular flexibility index (Phi) is 5.51. The van der Waals surface area contributed by atoms with Crippen LogP contribution in [0.25, 0.3) is 26.3 Å². The Morgan fingerprint density at radius 1 is 0.939 bits per heavy atom. The van der Waals surface area contributed by atoms with Gasteiger partial charge in [0, 0.05) is 11.8 Å². The topological polar surface area (TPSA) is 69.9 Å². The van der Waals surface area contributed by atoms with Crippen molar-refractivity contribution in [3.63, 3.8) is 0 Å². The fourth-order valence-electron chi connectivity index (χ4n) is 3.68. The van der Waals surface area contributed by atoms with E-state index in [2.05, 4.69) is 22.4 Å². The maximum absolute atomic E-state index is 6.01. The number of aromatic nitrogens is 3. The molecular weight excluding hydrogens is 436 g/mol. The number of benzene rings is 2. The van der Waals surface area contributed by atoms with E-state index in [0.29, 0.717) is 17.3 Å². The van der Waals surface area contributed by atoms with E-state index < -0.39 is 0 Å². The molecule has 0 aliphatic heterocycles. The summed E-state index contributed by atoms with van der Waals surface area (Å²) in [7, 11) is 3.24. The Morgan fingerprint density at radius 2 is 1.79 bits per heavy atom. The van der Waals surface area contributed by atoms with Gasteiger partial charge in [-0.25, -0.2) is 9.50 Å². The zero-order chi connectivity index (χ0) is 22.9. The predicted octanol–water partition coefficient (Wildman–Crippen LogP) is 6.16. The molecule has 0 atom stereocenters. The molecule has 3 aromatic heterocycles. The fraction of sp³-hybridized carbons (Fsp3) is 0.200. The number of methoxy groups -OCH3 is 2. The van der Waals surface area contributed by atoms with Crippen molar-refractivity contribution in [3.8, 4) is 27.8 Å². The normalized spacial score (nSPS) is 11.3. The van der Waals surface area contributed by atoms with Gasteiger partial charge in [-0.05, 0) is 55.6 Å². The first-order valence-electron chi connectivity index (χ1n) is 10.6. The molecule has 0 unspecified atom stereocenters. The van der Waals surface area contributed by atoms with Gasteiger partial charge < -0.3 is 19.5 Å². The van der Waals surface area contributed by atoms with Crippen LogP contribution in [-0.2, 0) is 0 Å². The Morgan fingerprint density at radius 3 is 2.58 bits per heavy atom. The van der Waals surface area contributed by atoms with Gasteiger partial charge in [-0.1, -0.05) is 12.1 Å². The molecule has 33 heavy (non-hydrogen) atoms. The van der Waals surface area contributed by atoms with Crippen molar-refractivity contribution < 1.29 is 14.2 Å². The number of hydrogen-bond acceptors (Lipinski definition) is 7. The number of imidazole rings is 1. The van der Waals surface area contributed by atoms with E-state index in [1.54, 1.807) is 25.6 Å². The lowest BCUT2D eigenvalue weighted by atomic mass is 10.2. The molecule has 0 amide bonds. The van der Waals surface area contributed by atoms with Crippen molar-refractivity contribution in [2.45, 2.75) is 20.0 Å². The van der Waals surface area contributed by atoms with Crippen LogP contribution in [0.1, 0.15) is 13.8 Å². The second-order valence-electron chi connectivity index (χ2n) is 7.78. The number of fused-ring (bicyclic) bond motifs is 2. The molecule has 0 radical (unpaired) electrons. The number of hydrogen-bond donors (Lipinski definition) is 1. The second-order valence-corrected chi connectivity index (χ2v) is 8.83. The van der Waals surface area contributed by atoms with Crippen LogP contribution in [0.2, 0.25) is 0 Å². The molecule has 8 heteroatoms. The van der Waals surface area contributed by atoms with Crippen LogP contribution in [0.3, 0.4) is 0 Å². The van der Waals surface area contributed by atoms with Crippen LogP contribution in [0.4, 0.5) is 11.5 Å². The highest BCUT2D eigenvalue weighted by molar-refractivity contribution is 7.22. The monoisotopic (exact) mass is 460 g/mol. The van der Waals surface area contributed by atoms with Crippen LogP contribution in [0, 0.1) is 0 Å². The van der Waals surface area contributed by atoms with E-state index in [-0.39, 0.29) is 6.10 Å². The SMILES string of the molecule is COc1ccc(Nc2ccc3ncc(-c4cc5cccc(OC(C)C)c5s4)n3n2)cc1OC. The van der Waals surface area contributed by atoms with E-state index in [9.17, 15) is 0 Å². The van der Waals surface area contributed by atoms with Crippen molar-refractivity contribution in [1.82, 2.24) is 14.6 Å². The summed E-state index contributed by atoms with van der Waals surface area (Å²) in [6, 6.07) is 17.8. The number of nitrogens with one attached hydrogen (secondary N) is 1. The highest BCUT2D eigenvalue weighted by atomic mass is 32.1. The Hall–Kier alpha value is -3.78. The summed E-state index contributed by atoms with van der Waals surface area (Å²) in [5, 5.41) is 9.27. The Bertz CT molecular complexity index is 1440. The minimum absolute atomic E-state index is 0.115. The lowest BCUT2D eigenvalue weighted by molar-refractivity contribution is 0.246. The zero-order valence-corrected chi connectivity index (χ0v) is 19.6. The average molecular weight is 461 g/mol. The van der Waals surface area contributed by atoms with E-state index in [0.717, 1.165) is 37.7 Å². The standard InChI is InChI=1S/C25H24N4O3S/c1-15(2)32-20-7-5-6-16-12-22(33-25(16)20)18-14-26-24-11-10-23(28-29(18)24)27-17-8-9-19(30-3)21(13-17)31-4/h5-15H,1-4H3,(H,27,28). The molecule has 7 nitrogen and oxygen atoms in total. The van der Waals surface area contributed by atoms with Gasteiger partial charge in [-0.2, -0.15) is 0 Å². The Balaban J connectivity index is 1.52. The summed E-state index contributed by atoms with van der Waals surface area (Å²) in [4.78, 5) is 5.62. The van der Waals surface area contributed by atoms with Crippen LogP contribution in [0.15, 0.2) is 60.8 Å². The van der Waals surface area contributed by atoms with Crippen LogP contribution in [0.5, 0.6) is 17.2 Å². The van der Waals surface area contributed by atoms with Crippen LogP contribution < -0.4 is 19.5 Å². The van der Waals surface area contributed by atoms with Crippen molar-refractivity contribution in [2.75, 3.05) is 19.5 Å². The summed E-state index contributed by atoms with van der Waals surface area (Å²) < 4.78 is 19.7. The lowest BCUT2D eigenvalue weighted by Crippen LogP contribution is -2.05. The smallest absolute Gasteiger partial charge is 0.162 e. The number of thiophene rings is 1. The van der Waals surface area contributed by atoms with Crippen molar-refractivity contribution in [3.05, 3.63) is 60.8 Å². The summed E-state index contributed by atoms with van der Waals surface area (Å²) >= 11 is 1.68. The molecule has 0 spiro atoms. The average Bonchev–Trinajstić information content (AvgIpc) is 3.43. The van der Waals surface area contributed by atoms with Crippen molar-refractivity contribution in [2.24, 2.45) is 0 Å². The molecule has 0 bridgehead atoms. The maximum Gasteiger partial charge on any atom is 0.162 e. The molecule has 0 aliphatic carbocycles. The van der Waals surface area contributed by atoms with Gasteiger partial charge in [0.2, 0.25) is 0 Å². The summed E-state index contributed by atoms with van der Waals surface area (Å²) in [5.41, 5.74) is 2.55. The summed E-state index contributed by atoms with van der Waals surface area (Å²) in [6.07, 6.45) is 1.97. The number of ether oxygens (including phenoxy) is 3. The van der Waals surface area contributed by atoms with E-state index in [4.69, 9.17) is 19.3 Å². The first-order chi connectivity index (χ1) is 16.1. The molecule has 0 saturated carbocycles. The highest BCUT2D eigenvalue weighted by Gasteiger charge is 2.14. The quantitative estimate of drug-likeness (QED) is 0.314. The second kappa shape index (κ2) is 8.63. The molecule has 2 aromatic carbocycles. The fourth-order valence-corrected chi connectivity index (χ4v) is 4.79. The van der Waals surface area contributed by atoms with Gasteiger partial charge in [0.05, 0.1) is 36.1 Å². The minimum Gasteiger partial charge on any atom is -0.493 e. The zero-order valence-electron chi connectivity index (χ0n) is 18.8. The molecule has 0 saturated heterocycles. The van der Waals surface area contributed by atoms with Gasteiger partial charge >= 0.3 is 0 Å². The lowest BCUT2D eigenvalue weighted by Gasteiger charge is -2.11. The first kappa shape index (κ1) is 21.1. The third-order valence-electron chi connectivity index (χ3n) is 5.14. The van der Waals surface area contributed by atoms with Crippen LogP contribution in [-0.4, -0.2) is 34.9 Å². The number of nitrogens with zero attached hydrogens (tertiary/aromatic N) is 3. The molecule has 1 N–H and O–H groups in total. The molecule has 3 heterocycles. The molecular formula is C25H24N4O3S. The van der Waals surface area contributed by atoms with E-state index in [1.165, 1.54) is 0 Å². The molecule has 0 fully saturated rings. The number of anilines is 2. The van der Waals surface area contributed by atoms with E-state index in [1.807, 2.05) is 67.0 Å². The molecule has 168 valence electrons. The predicted molar refractivity (Wildman–Crippen MR) is 132 cm³/mol.